The smallest absolute Gasteiger partial charge is 0.261 e. The van der Waals surface area contributed by atoms with Crippen LogP contribution in [0.5, 0.6) is 0 Å². The van der Waals surface area contributed by atoms with Crippen LogP contribution in [0.4, 0.5) is 0 Å². The van der Waals surface area contributed by atoms with E-state index < -0.39 is 0 Å². The highest BCUT2D eigenvalue weighted by Crippen LogP contribution is 2.36. The average molecular weight is 283 g/mol. The average Bonchev–Trinajstić information content (AvgIpc) is 2.54. The van der Waals surface area contributed by atoms with Gasteiger partial charge in [0.05, 0.1) is 10.9 Å². The van der Waals surface area contributed by atoms with Crippen molar-refractivity contribution >= 4 is 10.9 Å². The summed E-state index contributed by atoms with van der Waals surface area (Å²) in [6.07, 6.45) is 3.44. The first-order valence-corrected chi connectivity index (χ1v) is 8.03. The Labute approximate surface area is 124 Å². The third-order valence-corrected chi connectivity index (χ3v) is 5.17. The number of likely N-dealkylation sites (tertiary alicyclic amines) is 1. The molecule has 2 aromatic rings. The second kappa shape index (κ2) is 4.95. The second-order valence-electron chi connectivity index (χ2n) is 6.18. The molecule has 0 N–H and O–H groups in total. The first-order chi connectivity index (χ1) is 10.3. The van der Waals surface area contributed by atoms with Crippen LogP contribution >= 0.6 is 0 Å². The van der Waals surface area contributed by atoms with Gasteiger partial charge < -0.3 is 0 Å². The van der Waals surface area contributed by atoms with Crippen LogP contribution in [0, 0.1) is 0 Å². The van der Waals surface area contributed by atoms with Crippen molar-refractivity contribution in [2.45, 2.75) is 44.7 Å². The molecule has 3 heterocycles. The molecule has 1 saturated heterocycles. The van der Waals surface area contributed by atoms with Gasteiger partial charge in [-0.2, -0.15) is 0 Å². The molecule has 1 aromatic heterocycles. The van der Waals surface area contributed by atoms with Crippen LogP contribution in [-0.2, 0) is 6.54 Å². The topological polar surface area (TPSA) is 38.1 Å². The van der Waals surface area contributed by atoms with Gasteiger partial charge in [0.1, 0.15) is 5.82 Å². The van der Waals surface area contributed by atoms with E-state index in [0.717, 1.165) is 42.7 Å². The number of benzene rings is 1. The Morgan fingerprint density at radius 1 is 1.24 bits per heavy atom. The molecule has 4 heteroatoms. The molecule has 0 amide bonds. The summed E-state index contributed by atoms with van der Waals surface area (Å²) in [7, 11) is 0. The minimum atomic E-state index is 0.141. The van der Waals surface area contributed by atoms with Gasteiger partial charge in [-0.05, 0) is 44.5 Å². The zero-order valence-corrected chi connectivity index (χ0v) is 12.5. The molecule has 1 fully saturated rings. The molecule has 0 radical (unpaired) electrons. The van der Waals surface area contributed by atoms with Crippen LogP contribution in [0.3, 0.4) is 0 Å². The van der Waals surface area contributed by atoms with E-state index in [1.807, 2.05) is 28.8 Å². The second-order valence-corrected chi connectivity index (χ2v) is 6.18. The van der Waals surface area contributed by atoms with E-state index >= 15 is 0 Å². The minimum Gasteiger partial charge on any atom is -0.300 e. The van der Waals surface area contributed by atoms with Gasteiger partial charge in [0.2, 0.25) is 0 Å². The zero-order valence-electron chi connectivity index (χ0n) is 12.5. The largest absolute Gasteiger partial charge is 0.300 e. The van der Waals surface area contributed by atoms with E-state index in [1.54, 1.807) is 0 Å². The zero-order chi connectivity index (χ0) is 14.4. The van der Waals surface area contributed by atoms with Gasteiger partial charge in [0.25, 0.3) is 5.56 Å². The highest BCUT2D eigenvalue weighted by molar-refractivity contribution is 5.77. The fraction of sp³-hybridized carbons (Fsp3) is 0.529. The lowest BCUT2D eigenvalue weighted by molar-refractivity contribution is 0.102. The van der Waals surface area contributed by atoms with E-state index in [1.165, 1.54) is 13.0 Å². The number of hydrogen-bond acceptors (Lipinski definition) is 3. The van der Waals surface area contributed by atoms with Crippen molar-refractivity contribution in [1.82, 2.24) is 14.5 Å². The van der Waals surface area contributed by atoms with Crippen molar-refractivity contribution in [2.24, 2.45) is 0 Å². The molecule has 110 valence electrons. The van der Waals surface area contributed by atoms with Crippen LogP contribution in [-0.4, -0.2) is 33.6 Å². The molecule has 0 saturated carbocycles. The monoisotopic (exact) mass is 283 g/mol. The van der Waals surface area contributed by atoms with Gasteiger partial charge in [-0.25, -0.2) is 4.98 Å². The summed E-state index contributed by atoms with van der Waals surface area (Å²) in [5.74, 6) is 1.44. The van der Waals surface area contributed by atoms with Gasteiger partial charge in [0.15, 0.2) is 0 Å². The predicted octanol–water partition coefficient (Wildman–Crippen LogP) is 2.37. The fourth-order valence-electron chi connectivity index (χ4n) is 4.15. The maximum absolute atomic E-state index is 12.7. The molecule has 0 aliphatic carbocycles. The summed E-state index contributed by atoms with van der Waals surface area (Å²) in [5.41, 5.74) is 0.991. The van der Waals surface area contributed by atoms with Crippen molar-refractivity contribution < 1.29 is 0 Å². The maximum atomic E-state index is 12.7. The predicted molar refractivity (Wildman–Crippen MR) is 83.6 cm³/mol. The molecule has 0 spiro atoms. The van der Waals surface area contributed by atoms with E-state index in [-0.39, 0.29) is 5.56 Å². The molecular formula is C17H21N3O. The molecular weight excluding hydrogens is 262 g/mol. The van der Waals surface area contributed by atoms with Crippen LogP contribution in [0.2, 0.25) is 0 Å². The third-order valence-electron chi connectivity index (χ3n) is 5.17. The summed E-state index contributed by atoms with van der Waals surface area (Å²) in [6.45, 7) is 5.33. The van der Waals surface area contributed by atoms with Crippen molar-refractivity contribution in [2.75, 3.05) is 13.1 Å². The summed E-state index contributed by atoms with van der Waals surface area (Å²) >= 11 is 0. The SMILES string of the molecule is CCN1CCC[C@@H]2c3nc4ccccc4c(=O)n3CC[C@H]21. The van der Waals surface area contributed by atoms with Gasteiger partial charge in [-0.3, -0.25) is 14.3 Å². The number of rotatable bonds is 1. The van der Waals surface area contributed by atoms with Crippen LogP contribution in [0.15, 0.2) is 29.1 Å². The Balaban J connectivity index is 1.89. The minimum absolute atomic E-state index is 0.141. The Morgan fingerprint density at radius 3 is 2.95 bits per heavy atom. The molecule has 21 heavy (non-hydrogen) atoms. The van der Waals surface area contributed by atoms with Crippen LogP contribution < -0.4 is 5.56 Å². The van der Waals surface area contributed by atoms with Crippen molar-refractivity contribution in [1.29, 1.82) is 0 Å². The van der Waals surface area contributed by atoms with Crippen molar-refractivity contribution in [3.05, 3.63) is 40.4 Å². The Morgan fingerprint density at radius 2 is 2.10 bits per heavy atom. The number of aromatic nitrogens is 2. The summed E-state index contributed by atoms with van der Waals surface area (Å²) < 4.78 is 1.93. The standard InChI is InChI=1S/C17H21N3O/c1-2-19-10-5-7-13-15(19)9-11-20-16(13)18-14-8-4-3-6-12(14)17(20)21/h3-4,6,8,13,15H,2,5,7,9-11H2,1H3/t13-,15+/m0/s1. The van der Waals surface area contributed by atoms with Gasteiger partial charge in [0, 0.05) is 18.5 Å². The molecule has 2 atom stereocenters. The number of piperidine rings is 1. The number of para-hydroxylation sites is 1. The molecule has 2 aliphatic heterocycles. The Hall–Kier alpha value is -1.68. The van der Waals surface area contributed by atoms with Crippen molar-refractivity contribution in [3.8, 4) is 0 Å². The molecule has 0 bridgehead atoms. The molecule has 2 aliphatic rings. The lowest BCUT2D eigenvalue weighted by Crippen LogP contribution is -2.49. The van der Waals surface area contributed by atoms with Gasteiger partial charge in [-0.15, -0.1) is 0 Å². The normalized spacial score (nSPS) is 25.6. The molecule has 4 rings (SSSR count). The highest BCUT2D eigenvalue weighted by Gasteiger charge is 2.37. The van der Waals surface area contributed by atoms with Crippen LogP contribution in [0.1, 0.15) is 37.9 Å². The summed E-state index contributed by atoms with van der Waals surface area (Å²) in [5, 5.41) is 0.753. The van der Waals surface area contributed by atoms with E-state index in [2.05, 4.69) is 11.8 Å². The lowest BCUT2D eigenvalue weighted by atomic mass is 9.84. The highest BCUT2D eigenvalue weighted by atomic mass is 16.1. The number of hydrogen-bond donors (Lipinski definition) is 0. The summed E-state index contributed by atoms with van der Waals surface area (Å²) in [6, 6.07) is 8.30. The van der Waals surface area contributed by atoms with Crippen molar-refractivity contribution in [3.63, 3.8) is 0 Å². The fourth-order valence-corrected chi connectivity index (χ4v) is 4.15. The maximum Gasteiger partial charge on any atom is 0.261 e. The lowest BCUT2D eigenvalue weighted by Gasteiger charge is -2.44. The Kier molecular flexibility index (Phi) is 3.07. The number of nitrogens with zero attached hydrogens (tertiary/aromatic N) is 3. The Bertz CT molecular complexity index is 736. The first-order valence-electron chi connectivity index (χ1n) is 8.03. The van der Waals surface area contributed by atoms with E-state index in [0.29, 0.717) is 12.0 Å². The number of likely N-dealkylation sites (N-methyl/N-ethyl adjacent to an activating group) is 1. The van der Waals surface area contributed by atoms with E-state index in [4.69, 9.17) is 4.98 Å². The molecule has 1 aromatic carbocycles. The summed E-state index contributed by atoms with van der Waals surface area (Å²) in [4.78, 5) is 20.1. The van der Waals surface area contributed by atoms with E-state index in [9.17, 15) is 4.79 Å². The van der Waals surface area contributed by atoms with Crippen LogP contribution in [0.25, 0.3) is 10.9 Å². The third kappa shape index (κ3) is 1.93. The molecule has 0 unspecified atom stereocenters. The number of fused-ring (bicyclic) bond motifs is 4. The first kappa shape index (κ1) is 13.0. The van der Waals surface area contributed by atoms with Gasteiger partial charge >= 0.3 is 0 Å². The molecule has 4 nitrogen and oxygen atoms in total. The quantitative estimate of drug-likeness (QED) is 0.806. The van der Waals surface area contributed by atoms with Gasteiger partial charge in [-0.1, -0.05) is 19.1 Å².